The molecule has 1 saturated heterocycles. The molecule has 0 aromatic heterocycles. The predicted molar refractivity (Wildman–Crippen MR) is 86.3 cm³/mol. The van der Waals surface area contributed by atoms with Gasteiger partial charge in [0, 0.05) is 45.0 Å². The third-order valence-corrected chi connectivity index (χ3v) is 5.81. The van der Waals surface area contributed by atoms with Crippen LogP contribution in [0.15, 0.2) is 0 Å². The van der Waals surface area contributed by atoms with Crippen molar-refractivity contribution in [1.29, 1.82) is 0 Å². The number of hydrogen-bond acceptors (Lipinski definition) is 9. The molecule has 0 saturated carbocycles. The highest BCUT2D eigenvalue weighted by atomic mass is 32.2. The summed E-state index contributed by atoms with van der Waals surface area (Å²) in [5, 5.41) is 9.61. The van der Waals surface area contributed by atoms with Gasteiger partial charge in [-0.25, -0.2) is 16.8 Å². The summed E-state index contributed by atoms with van der Waals surface area (Å²) < 4.78 is 64.8. The van der Waals surface area contributed by atoms with E-state index in [-0.39, 0.29) is 24.1 Å². The van der Waals surface area contributed by atoms with Crippen molar-refractivity contribution in [2.24, 2.45) is 11.8 Å². The molecule has 1 fully saturated rings. The molecule has 24 heavy (non-hydrogen) atoms. The first-order valence-corrected chi connectivity index (χ1v) is 11.0. The van der Waals surface area contributed by atoms with Crippen LogP contribution in [0.1, 0.15) is 13.8 Å². The zero-order valence-electron chi connectivity index (χ0n) is 14.0. The van der Waals surface area contributed by atoms with Crippen LogP contribution >= 0.6 is 0 Å². The highest BCUT2D eigenvalue weighted by Crippen LogP contribution is 2.16. The van der Waals surface area contributed by atoms with Crippen molar-refractivity contribution in [1.82, 2.24) is 9.80 Å². The molecule has 0 radical (unpaired) electrons. The fraction of sp³-hybridized carbons (Fsp3) is 1.00. The van der Waals surface area contributed by atoms with Gasteiger partial charge in [-0.15, -0.1) is 0 Å². The summed E-state index contributed by atoms with van der Waals surface area (Å²) in [5.41, 5.74) is 0. The van der Waals surface area contributed by atoms with Crippen molar-refractivity contribution in [3.05, 3.63) is 0 Å². The molecular formula is C13H26N2O7S2-2. The van der Waals surface area contributed by atoms with Crippen LogP contribution in [-0.4, -0.2) is 97.7 Å². The van der Waals surface area contributed by atoms with Crippen molar-refractivity contribution < 1.29 is 31.0 Å². The van der Waals surface area contributed by atoms with Crippen LogP contribution in [0.25, 0.3) is 0 Å². The topological polar surface area (TPSA) is 141 Å². The van der Waals surface area contributed by atoms with Crippen molar-refractivity contribution in [2.45, 2.75) is 20.0 Å². The molecule has 0 spiro atoms. The van der Waals surface area contributed by atoms with Gasteiger partial charge in [0.15, 0.2) is 0 Å². The number of aliphatic hydroxyl groups excluding tert-OH is 1. The fourth-order valence-electron chi connectivity index (χ4n) is 2.79. The first-order chi connectivity index (χ1) is 10.9. The maximum absolute atomic E-state index is 11.0. The van der Waals surface area contributed by atoms with Crippen LogP contribution in [0, 0.1) is 11.8 Å². The van der Waals surface area contributed by atoms with Gasteiger partial charge >= 0.3 is 0 Å². The first-order valence-electron chi connectivity index (χ1n) is 7.85. The minimum absolute atomic E-state index is 0.0656. The van der Waals surface area contributed by atoms with Gasteiger partial charge in [-0.3, -0.25) is 4.90 Å². The van der Waals surface area contributed by atoms with Crippen LogP contribution in [0.2, 0.25) is 0 Å². The summed E-state index contributed by atoms with van der Waals surface area (Å²) in [6.45, 7) is 6.77. The van der Waals surface area contributed by atoms with Gasteiger partial charge in [-0.05, 0) is 11.8 Å². The Morgan fingerprint density at radius 1 is 0.875 bits per heavy atom. The van der Waals surface area contributed by atoms with Gasteiger partial charge in [0.25, 0.3) is 0 Å². The molecule has 1 rings (SSSR count). The van der Waals surface area contributed by atoms with E-state index in [0.29, 0.717) is 32.7 Å². The smallest absolute Gasteiger partial charge is 0.0972 e. The standard InChI is InChI=1S/C13H28N2O7S2/c1-11(2)12(9-23(17,18)19)7-14-3-5-15(6-4-14)8-13(16)10-24(20,21)22/h11-13,16H,3-10H2,1-2H3,(H,17,18,19)(H,20,21,22)/p-2. The summed E-state index contributed by atoms with van der Waals surface area (Å²) in [7, 11) is -8.72. The Morgan fingerprint density at radius 3 is 1.67 bits per heavy atom. The second-order valence-corrected chi connectivity index (χ2v) is 9.61. The Morgan fingerprint density at radius 2 is 1.29 bits per heavy atom. The van der Waals surface area contributed by atoms with Crippen molar-refractivity contribution in [3.63, 3.8) is 0 Å². The van der Waals surface area contributed by atoms with Gasteiger partial charge in [-0.2, -0.15) is 0 Å². The maximum atomic E-state index is 11.0. The monoisotopic (exact) mass is 386 g/mol. The molecule has 0 bridgehead atoms. The van der Waals surface area contributed by atoms with E-state index < -0.39 is 32.1 Å². The molecule has 144 valence electrons. The van der Waals surface area contributed by atoms with Crippen molar-refractivity contribution in [2.75, 3.05) is 50.8 Å². The largest absolute Gasteiger partial charge is 0.748 e. The van der Waals surface area contributed by atoms with E-state index >= 15 is 0 Å². The molecule has 1 aliphatic heterocycles. The molecule has 11 heteroatoms. The Kier molecular flexibility index (Phi) is 8.04. The Bertz CT molecular complexity index is 583. The molecule has 1 aliphatic rings. The molecule has 2 atom stereocenters. The molecule has 9 nitrogen and oxygen atoms in total. The maximum Gasteiger partial charge on any atom is 0.0972 e. The van der Waals surface area contributed by atoms with E-state index in [2.05, 4.69) is 4.90 Å². The molecule has 0 amide bonds. The van der Waals surface area contributed by atoms with E-state index in [0.717, 1.165) is 0 Å². The van der Waals surface area contributed by atoms with Crippen LogP contribution in [0.4, 0.5) is 0 Å². The van der Waals surface area contributed by atoms with Gasteiger partial charge in [0.05, 0.1) is 32.1 Å². The van der Waals surface area contributed by atoms with Crippen molar-refractivity contribution >= 4 is 20.2 Å². The van der Waals surface area contributed by atoms with Crippen LogP contribution in [0.5, 0.6) is 0 Å². The molecule has 1 heterocycles. The summed E-state index contributed by atoms with van der Waals surface area (Å²) in [6.07, 6.45) is -1.21. The van der Waals surface area contributed by atoms with Gasteiger partial charge in [0.2, 0.25) is 0 Å². The molecule has 0 aromatic rings. The van der Waals surface area contributed by atoms with E-state index in [1.165, 1.54) is 0 Å². The zero-order valence-corrected chi connectivity index (χ0v) is 15.6. The summed E-state index contributed by atoms with van der Waals surface area (Å²) in [5.74, 6) is -1.36. The quantitative estimate of drug-likeness (QED) is 0.460. The number of nitrogens with zero attached hydrogens (tertiary/aromatic N) is 2. The van der Waals surface area contributed by atoms with E-state index in [9.17, 15) is 31.0 Å². The van der Waals surface area contributed by atoms with Crippen LogP contribution in [0.3, 0.4) is 0 Å². The number of piperazine rings is 1. The van der Waals surface area contributed by atoms with E-state index in [1.54, 1.807) is 0 Å². The van der Waals surface area contributed by atoms with E-state index in [1.807, 2.05) is 18.7 Å². The van der Waals surface area contributed by atoms with Gasteiger partial charge in [-0.1, -0.05) is 13.8 Å². The lowest BCUT2D eigenvalue weighted by molar-refractivity contribution is 0.0727. The minimum Gasteiger partial charge on any atom is -0.748 e. The average molecular weight is 386 g/mol. The Labute approximate surface area is 144 Å². The van der Waals surface area contributed by atoms with Gasteiger partial charge in [0.1, 0.15) is 0 Å². The highest BCUT2D eigenvalue weighted by Gasteiger charge is 2.24. The third-order valence-electron chi connectivity index (χ3n) is 4.18. The normalized spacial score (nSPS) is 21.1. The number of aliphatic hydroxyl groups is 1. The van der Waals surface area contributed by atoms with Crippen LogP contribution < -0.4 is 0 Å². The lowest BCUT2D eigenvalue weighted by Crippen LogP contribution is -2.51. The summed E-state index contributed by atoms with van der Waals surface area (Å²) in [6, 6.07) is 0. The second-order valence-electron chi connectivity index (χ2n) is 6.71. The molecule has 2 unspecified atom stereocenters. The minimum atomic E-state index is -4.45. The SMILES string of the molecule is CC(C)C(CN1CCN(CC(O)CS(=O)(=O)[O-])CC1)CS(=O)(=O)[O-]. The molecule has 0 aromatic carbocycles. The third kappa shape index (κ3) is 9.25. The fourth-order valence-corrected chi connectivity index (χ4v) is 4.38. The predicted octanol–water partition coefficient (Wildman–Crippen LogP) is -1.67. The van der Waals surface area contributed by atoms with Gasteiger partial charge < -0.3 is 19.1 Å². The Balaban J connectivity index is 2.44. The Hall–Kier alpha value is -0.300. The lowest BCUT2D eigenvalue weighted by atomic mass is 9.97. The average Bonchev–Trinajstić information content (AvgIpc) is 2.36. The van der Waals surface area contributed by atoms with Crippen LogP contribution in [-0.2, 0) is 20.2 Å². The molecule has 0 aliphatic carbocycles. The number of rotatable bonds is 9. The zero-order chi connectivity index (χ0) is 18.5. The summed E-state index contributed by atoms with van der Waals surface area (Å²) in [4.78, 5) is 3.92. The summed E-state index contributed by atoms with van der Waals surface area (Å²) >= 11 is 0. The lowest BCUT2D eigenvalue weighted by Gasteiger charge is -2.38. The second kappa shape index (κ2) is 8.88. The first kappa shape index (κ1) is 21.7. The van der Waals surface area contributed by atoms with E-state index in [4.69, 9.17) is 0 Å². The number of β-amino-alcohol motifs (C(OH)–C–C–N with tert-alkyl or cyclic N) is 1. The molecular weight excluding hydrogens is 360 g/mol. The van der Waals surface area contributed by atoms with Crippen molar-refractivity contribution in [3.8, 4) is 0 Å². The number of hydrogen-bond donors (Lipinski definition) is 1. The highest BCUT2D eigenvalue weighted by molar-refractivity contribution is 7.85. The molecule has 1 N–H and O–H groups in total.